The summed E-state index contributed by atoms with van der Waals surface area (Å²) in [6, 6.07) is 9.15. The van der Waals surface area contributed by atoms with Crippen LogP contribution in [0.4, 0.5) is 5.69 Å². The lowest BCUT2D eigenvalue weighted by molar-refractivity contribution is 0.0601. The average molecular weight is 447 g/mol. The molecule has 1 amide bonds. The van der Waals surface area contributed by atoms with Crippen molar-refractivity contribution in [2.75, 3.05) is 32.6 Å². The van der Waals surface area contributed by atoms with Crippen molar-refractivity contribution in [3.63, 3.8) is 0 Å². The third kappa shape index (κ3) is 4.88. The summed E-state index contributed by atoms with van der Waals surface area (Å²) in [7, 11) is -0.989. The van der Waals surface area contributed by atoms with Crippen LogP contribution in [-0.2, 0) is 14.8 Å². The van der Waals surface area contributed by atoms with Crippen LogP contribution < -0.4 is 10.1 Å². The van der Waals surface area contributed by atoms with Crippen molar-refractivity contribution >= 4 is 27.6 Å². The SMILES string of the molecule is COC(=O)c1cc(OC)ccc1NC(=O)c1ccc(C)c(S(=O)(=O)N2CCCCC2)c1. The summed E-state index contributed by atoms with van der Waals surface area (Å²) in [6.07, 6.45) is 2.66. The predicted molar refractivity (Wildman–Crippen MR) is 116 cm³/mol. The highest BCUT2D eigenvalue weighted by molar-refractivity contribution is 7.89. The molecule has 0 atom stereocenters. The van der Waals surface area contributed by atoms with E-state index in [1.165, 1.54) is 36.7 Å². The molecule has 0 aromatic heterocycles. The van der Waals surface area contributed by atoms with Gasteiger partial charge in [-0.15, -0.1) is 0 Å². The fraction of sp³-hybridized carbons (Fsp3) is 0.364. The molecule has 0 saturated carbocycles. The van der Waals surface area contributed by atoms with Crippen molar-refractivity contribution in [2.45, 2.75) is 31.1 Å². The molecule has 1 aliphatic rings. The molecule has 0 spiro atoms. The van der Waals surface area contributed by atoms with Crippen molar-refractivity contribution in [1.82, 2.24) is 4.31 Å². The summed E-state index contributed by atoms with van der Waals surface area (Å²) in [5, 5.41) is 2.67. The van der Waals surface area contributed by atoms with Gasteiger partial charge in [0.2, 0.25) is 10.0 Å². The topological polar surface area (TPSA) is 102 Å². The van der Waals surface area contributed by atoms with E-state index in [-0.39, 0.29) is 21.7 Å². The average Bonchev–Trinajstić information content (AvgIpc) is 2.79. The second kappa shape index (κ2) is 9.49. The predicted octanol–water partition coefficient (Wildman–Crippen LogP) is 3.22. The summed E-state index contributed by atoms with van der Waals surface area (Å²) < 4.78 is 37.6. The van der Waals surface area contributed by atoms with E-state index in [1.54, 1.807) is 25.1 Å². The Kier molecular flexibility index (Phi) is 6.97. The number of methoxy groups -OCH3 is 2. The summed E-state index contributed by atoms with van der Waals surface area (Å²) in [4.78, 5) is 25.1. The van der Waals surface area contributed by atoms with E-state index in [4.69, 9.17) is 9.47 Å². The number of sulfonamides is 1. The summed E-state index contributed by atoms with van der Waals surface area (Å²) in [5.74, 6) is -0.736. The normalized spacial score (nSPS) is 14.7. The molecule has 166 valence electrons. The van der Waals surface area contributed by atoms with Gasteiger partial charge in [-0.3, -0.25) is 4.79 Å². The van der Waals surface area contributed by atoms with Crippen molar-refractivity contribution < 1.29 is 27.5 Å². The number of amides is 1. The molecule has 2 aromatic carbocycles. The molecule has 1 saturated heterocycles. The number of hydrogen-bond donors (Lipinski definition) is 1. The van der Waals surface area contributed by atoms with Gasteiger partial charge in [0, 0.05) is 18.7 Å². The summed E-state index contributed by atoms with van der Waals surface area (Å²) >= 11 is 0. The maximum atomic E-state index is 13.1. The molecule has 8 nitrogen and oxygen atoms in total. The minimum absolute atomic E-state index is 0.116. The highest BCUT2D eigenvalue weighted by atomic mass is 32.2. The number of nitrogens with zero attached hydrogens (tertiary/aromatic N) is 1. The Balaban J connectivity index is 1.92. The van der Waals surface area contributed by atoms with E-state index < -0.39 is 21.9 Å². The third-order valence-corrected chi connectivity index (χ3v) is 7.30. The summed E-state index contributed by atoms with van der Waals surface area (Å²) in [6.45, 7) is 2.66. The van der Waals surface area contributed by atoms with Crippen LogP contribution in [0.2, 0.25) is 0 Å². The molecule has 0 unspecified atom stereocenters. The Hall–Kier alpha value is -2.91. The summed E-state index contributed by atoms with van der Waals surface area (Å²) in [5.41, 5.74) is 1.11. The molecule has 0 radical (unpaired) electrons. The molecular formula is C22H26N2O6S. The number of nitrogens with one attached hydrogen (secondary N) is 1. The van der Waals surface area contributed by atoms with Crippen LogP contribution in [0.15, 0.2) is 41.3 Å². The number of ether oxygens (including phenoxy) is 2. The highest BCUT2D eigenvalue weighted by Crippen LogP contribution is 2.26. The molecule has 3 rings (SSSR count). The van der Waals surface area contributed by atoms with Crippen molar-refractivity contribution in [3.05, 3.63) is 53.1 Å². The van der Waals surface area contributed by atoms with E-state index in [0.717, 1.165) is 19.3 Å². The van der Waals surface area contributed by atoms with Gasteiger partial charge >= 0.3 is 5.97 Å². The molecule has 1 N–H and O–H groups in total. The molecule has 9 heteroatoms. The fourth-order valence-electron chi connectivity index (χ4n) is 3.50. The van der Waals surface area contributed by atoms with Gasteiger partial charge in [0.25, 0.3) is 5.91 Å². The largest absolute Gasteiger partial charge is 0.497 e. The van der Waals surface area contributed by atoms with Crippen molar-refractivity contribution in [2.24, 2.45) is 0 Å². The zero-order valence-electron chi connectivity index (χ0n) is 17.8. The van der Waals surface area contributed by atoms with Crippen LogP contribution in [0.3, 0.4) is 0 Å². The van der Waals surface area contributed by atoms with E-state index in [2.05, 4.69) is 5.32 Å². The van der Waals surface area contributed by atoms with Crippen LogP contribution in [0.1, 0.15) is 45.5 Å². The molecule has 0 aliphatic carbocycles. The number of carbonyl (C=O) groups excluding carboxylic acids is 2. The lowest BCUT2D eigenvalue weighted by Crippen LogP contribution is -2.36. The van der Waals surface area contributed by atoms with Crippen LogP contribution >= 0.6 is 0 Å². The molecule has 1 fully saturated rings. The van der Waals surface area contributed by atoms with Gasteiger partial charge in [-0.1, -0.05) is 12.5 Å². The molecule has 31 heavy (non-hydrogen) atoms. The standard InChI is InChI=1S/C22H26N2O6S/c1-15-7-8-16(13-20(15)31(27,28)24-11-5-4-6-12-24)21(25)23-19-10-9-17(29-2)14-18(19)22(26)30-3/h7-10,13-14H,4-6,11-12H2,1-3H3,(H,23,25). The van der Waals surface area contributed by atoms with Crippen molar-refractivity contribution in [3.8, 4) is 5.75 Å². The number of esters is 1. The zero-order chi connectivity index (χ0) is 22.6. The number of benzene rings is 2. The number of aryl methyl sites for hydroxylation is 1. The van der Waals surface area contributed by atoms with Gasteiger partial charge in [0.1, 0.15) is 5.75 Å². The minimum Gasteiger partial charge on any atom is -0.497 e. The number of piperidine rings is 1. The zero-order valence-corrected chi connectivity index (χ0v) is 18.6. The first-order chi connectivity index (χ1) is 14.8. The van der Waals surface area contributed by atoms with Crippen LogP contribution in [0, 0.1) is 6.92 Å². The van der Waals surface area contributed by atoms with E-state index >= 15 is 0 Å². The number of carbonyl (C=O) groups is 2. The minimum atomic E-state index is -3.69. The first-order valence-corrected chi connectivity index (χ1v) is 11.4. The van der Waals surface area contributed by atoms with E-state index in [0.29, 0.717) is 24.4 Å². The first kappa shape index (κ1) is 22.8. The molecule has 2 aromatic rings. The maximum absolute atomic E-state index is 13.1. The quantitative estimate of drug-likeness (QED) is 0.684. The highest BCUT2D eigenvalue weighted by Gasteiger charge is 2.28. The van der Waals surface area contributed by atoms with Gasteiger partial charge < -0.3 is 14.8 Å². The van der Waals surface area contributed by atoms with Crippen LogP contribution in [0.25, 0.3) is 0 Å². The second-order valence-electron chi connectivity index (χ2n) is 7.30. The van der Waals surface area contributed by atoms with Crippen LogP contribution in [0.5, 0.6) is 5.75 Å². The number of hydrogen-bond acceptors (Lipinski definition) is 6. The van der Waals surface area contributed by atoms with Crippen LogP contribution in [-0.4, -0.2) is 51.9 Å². The third-order valence-electron chi connectivity index (χ3n) is 5.26. The lowest BCUT2D eigenvalue weighted by atomic mass is 10.1. The van der Waals surface area contributed by atoms with Gasteiger partial charge in [-0.25, -0.2) is 13.2 Å². The maximum Gasteiger partial charge on any atom is 0.340 e. The Morgan fingerprint density at radius 3 is 2.35 bits per heavy atom. The van der Waals surface area contributed by atoms with Gasteiger partial charge in [-0.2, -0.15) is 4.31 Å². The van der Waals surface area contributed by atoms with E-state index in [9.17, 15) is 18.0 Å². The van der Waals surface area contributed by atoms with E-state index in [1.807, 2.05) is 0 Å². The second-order valence-corrected chi connectivity index (χ2v) is 9.21. The smallest absolute Gasteiger partial charge is 0.340 e. The van der Waals surface area contributed by atoms with Gasteiger partial charge in [0.05, 0.1) is 30.4 Å². The Morgan fingerprint density at radius 2 is 1.71 bits per heavy atom. The Morgan fingerprint density at radius 1 is 1.00 bits per heavy atom. The lowest BCUT2D eigenvalue weighted by Gasteiger charge is -2.26. The van der Waals surface area contributed by atoms with Gasteiger partial charge in [0.15, 0.2) is 0 Å². The molecule has 1 aliphatic heterocycles. The monoisotopic (exact) mass is 446 g/mol. The van der Waals surface area contributed by atoms with Crippen molar-refractivity contribution in [1.29, 1.82) is 0 Å². The van der Waals surface area contributed by atoms with Gasteiger partial charge in [-0.05, 0) is 55.7 Å². The number of rotatable bonds is 6. The first-order valence-electron chi connectivity index (χ1n) is 9.96. The molecule has 1 heterocycles. The molecule has 0 bridgehead atoms. The number of anilines is 1. The Labute approximate surface area is 182 Å². The Bertz CT molecular complexity index is 1090. The fourth-order valence-corrected chi connectivity index (χ4v) is 5.26. The molecular weight excluding hydrogens is 420 g/mol.